The number of aryl methyl sites for hydroxylation is 1. The number of nitrogens with one attached hydrogen (secondary N) is 1. The van der Waals surface area contributed by atoms with Crippen LogP contribution in [0.5, 0.6) is 5.75 Å². The Morgan fingerprint density at radius 2 is 1.56 bits per heavy atom. The van der Waals surface area contributed by atoms with E-state index in [1.165, 1.54) is 0 Å². The van der Waals surface area contributed by atoms with Crippen LogP contribution in [0.15, 0.2) is 78.9 Å². The van der Waals surface area contributed by atoms with Gasteiger partial charge in [-0.15, -0.1) is 0 Å². The van der Waals surface area contributed by atoms with Crippen LogP contribution in [-0.4, -0.2) is 29.8 Å². The molecule has 0 atom stereocenters. The summed E-state index contributed by atoms with van der Waals surface area (Å²) in [6.07, 6.45) is 1.34. The minimum absolute atomic E-state index is 0.00499. The van der Waals surface area contributed by atoms with Gasteiger partial charge in [0.2, 0.25) is 5.91 Å². The molecule has 1 heterocycles. The highest BCUT2D eigenvalue weighted by Crippen LogP contribution is 2.22. The predicted molar refractivity (Wildman–Crippen MR) is 126 cm³/mol. The van der Waals surface area contributed by atoms with Crippen molar-refractivity contribution < 1.29 is 14.3 Å². The number of carbonyl (C=O) groups is 2. The highest BCUT2D eigenvalue weighted by Gasteiger charge is 2.27. The molecule has 0 unspecified atom stereocenters. The second kappa shape index (κ2) is 10.1. The maximum absolute atomic E-state index is 12.7. The lowest BCUT2D eigenvalue weighted by Crippen LogP contribution is -2.41. The van der Waals surface area contributed by atoms with Crippen LogP contribution >= 0.6 is 0 Å². The van der Waals surface area contributed by atoms with Crippen molar-refractivity contribution in [3.63, 3.8) is 0 Å². The van der Waals surface area contributed by atoms with Gasteiger partial charge in [-0.1, -0.05) is 48.0 Å². The molecule has 3 aromatic rings. The molecular formula is C27H28N2O3. The molecule has 5 nitrogen and oxygen atoms in total. The number of carbonyl (C=O) groups excluding carboxylic acids is 2. The van der Waals surface area contributed by atoms with E-state index < -0.39 is 0 Å². The number of ether oxygens (including phenoxy) is 1. The topological polar surface area (TPSA) is 58.6 Å². The van der Waals surface area contributed by atoms with E-state index in [0.717, 1.165) is 22.6 Å². The number of likely N-dealkylation sites (tertiary alicyclic amines) is 1. The summed E-state index contributed by atoms with van der Waals surface area (Å²) in [6, 6.07) is 25.1. The second-order valence-corrected chi connectivity index (χ2v) is 8.22. The summed E-state index contributed by atoms with van der Waals surface area (Å²) in [5.74, 6) is 0.709. The zero-order chi connectivity index (χ0) is 22.3. The number of rotatable bonds is 6. The van der Waals surface area contributed by atoms with Crippen molar-refractivity contribution in [2.75, 3.05) is 18.4 Å². The van der Waals surface area contributed by atoms with E-state index in [4.69, 9.17) is 4.74 Å². The molecule has 1 aliphatic heterocycles. The second-order valence-electron chi connectivity index (χ2n) is 8.22. The van der Waals surface area contributed by atoms with E-state index in [0.29, 0.717) is 38.1 Å². The number of benzene rings is 3. The molecule has 164 valence electrons. The smallest absolute Gasteiger partial charge is 0.253 e. The molecule has 5 heteroatoms. The number of anilines is 1. The molecule has 0 saturated carbocycles. The Kier molecular flexibility index (Phi) is 6.85. The van der Waals surface area contributed by atoms with Crippen molar-refractivity contribution in [2.45, 2.75) is 26.4 Å². The first-order valence-corrected chi connectivity index (χ1v) is 11.0. The zero-order valence-electron chi connectivity index (χ0n) is 18.3. The zero-order valence-corrected chi connectivity index (χ0v) is 18.3. The minimum Gasteiger partial charge on any atom is -0.489 e. The Hall–Kier alpha value is -3.60. The average Bonchev–Trinajstić information content (AvgIpc) is 2.84. The molecule has 1 saturated heterocycles. The van der Waals surface area contributed by atoms with Crippen LogP contribution in [0.25, 0.3) is 0 Å². The Morgan fingerprint density at radius 3 is 2.22 bits per heavy atom. The van der Waals surface area contributed by atoms with Gasteiger partial charge in [-0.05, 0) is 61.7 Å². The van der Waals surface area contributed by atoms with E-state index in [2.05, 4.69) is 5.32 Å². The lowest BCUT2D eigenvalue weighted by Gasteiger charge is -2.31. The monoisotopic (exact) mass is 428 g/mol. The van der Waals surface area contributed by atoms with Crippen LogP contribution < -0.4 is 10.1 Å². The molecule has 0 bridgehead atoms. The lowest BCUT2D eigenvalue weighted by molar-refractivity contribution is -0.121. The van der Waals surface area contributed by atoms with Crippen molar-refractivity contribution in [1.29, 1.82) is 0 Å². The number of piperidine rings is 1. The van der Waals surface area contributed by atoms with Crippen LogP contribution in [0.3, 0.4) is 0 Å². The van der Waals surface area contributed by atoms with Crippen LogP contribution in [-0.2, 0) is 11.4 Å². The summed E-state index contributed by atoms with van der Waals surface area (Å²) in [6.45, 7) is 3.70. The van der Waals surface area contributed by atoms with Gasteiger partial charge in [0.1, 0.15) is 12.4 Å². The first-order valence-electron chi connectivity index (χ1n) is 11.0. The van der Waals surface area contributed by atoms with Gasteiger partial charge in [0.25, 0.3) is 5.91 Å². The third kappa shape index (κ3) is 5.55. The fourth-order valence-electron chi connectivity index (χ4n) is 3.84. The molecular weight excluding hydrogens is 400 g/mol. The molecule has 1 N–H and O–H groups in total. The van der Waals surface area contributed by atoms with Gasteiger partial charge in [-0.25, -0.2) is 0 Å². The third-order valence-corrected chi connectivity index (χ3v) is 5.82. The summed E-state index contributed by atoms with van der Waals surface area (Å²) in [7, 11) is 0. The fraction of sp³-hybridized carbons (Fsp3) is 0.259. The fourth-order valence-corrected chi connectivity index (χ4v) is 3.84. The summed E-state index contributed by atoms with van der Waals surface area (Å²) in [4.78, 5) is 27.2. The summed E-state index contributed by atoms with van der Waals surface area (Å²) >= 11 is 0. The van der Waals surface area contributed by atoms with E-state index in [9.17, 15) is 9.59 Å². The standard InChI is InChI=1S/C27H28N2O3/c1-20-7-9-23(10-8-20)27(31)29-17-15-22(16-18-29)26(30)28-24-11-13-25(14-12-24)32-19-21-5-3-2-4-6-21/h2-14,22H,15-19H2,1H3,(H,28,30). The van der Waals surface area contributed by atoms with Crippen LogP contribution in [0.1, 0.15) is 34.3 Å². The van der Waals surface area contributed by atoms with Crippen LogP contribution in [0, 0.1) is 12.8 Å². The largest absolute Gasteiger partial charge is 0.489 e. The number of hydrogen-bond acceptors (Lipinski definition) is 3. The summed E-state index contributed by atoms with van der Waals surface area (Å²) in [5, 5.41) is 3.00. The van der Waals surface area contributed by atoms with E-state index >= 15 is 0 Å². The molecule has 1 fully saturated rings. The molecule has 4 rings (SSSR count). The Labute approximate surface area is 189 Å². The highest BCUT2D eigenvalue weighted by molar-refractivity contribution is 5.95. The molecule has 3 aromatic carbocycles. The van der Waals surface area contributed by atoms with Gasteiger partial charge in [0, 0.05) is 30.3 Å². The molecule has 0 aromatic heterocycles. The number of amides is 2. The highest BCUT2D eigenvalue weighted by atomic mass is 16.5. The molecule has 32 heavy (non-hydrogen) atoms. The van der Waals surface area contributed by atoms with Crippen LogP contribution in [0.2, 0.25) is 0 Å². The lowest BCUT2D eigenvalue weighted by atomic mass is 9.95. The van der Waals surface area contributed by atoms with Crippen molar-refractivity contribution >= 4 is 17.5 Å². The summed E-state index contributed by atoms with van der Waals surface area (Å²) < 4.78 is 5.80. The first kappa shape index (κ1) is 21.6. The maximum Gasteiger partial charge on any atom is 0.253 e. The summed E-state index contributed by atoms with van der Waals surface area (Å²) in [5.41, 5.74) is 3.69. The number of nitrogens with zero attached hydrogens (tertiary/aromatic N) is 1. The van der Waals surface area contributed by atoms with E-state index in [1.54, 1.807) is 0 Å². The van der Waals surface area contributed by atoms with Gasteiger partial charge in [-0.3, -0.25) is 9.59 Å². The number of hydrogen-bond donors (Lipinski definition) is 1. The van der Waals surface area contributed by atoms with Gasteiger partial charge >= 0.3 is 0 Å². The minimum atomic E-state index is -0.0916. The predicted octanol–water partition coefficient (Wildman–Crippen LogP) is 5.06. The van der Waals surface area contributed by atoms with Gasteiger partial charge in [-0.2, -0.15) is 0 Å². The van der Waals surface area contributed by atoms with Crippen molar-refractivity contribution in [3.05, 3.63) is 95.6 Å². The normalized spacial score (nSPS) is 14.1. The Bertz CT molecular complexity index is 1040. The maximum atomic E-state index is 12.7. The van der Waals surface area contributed by atoms with Crippen LogP contribution in [0.4, 0.5) is 5.69 Å². The molecule has 0 spiro atoms. The Balaban J connectivity index is 1.24. The molecule has 2 amide bonds. The molecule has 1 aliphatic rings. The van der Waals surface area contributed by atoms with E-state index in [1.807, 2.05) is 90.7 Å². The first-order chi connectivity index (χ1) is 15.6. The van der Waals surface area contributed by atoms with Gasteiger partial charge in [0.05, 0.1) is 0 Å². The molecule has 0 radical (unpaired) electrons. The quantitative estimate of drug-likeness (QED) is 0.597. The van der Waals surface area contributed by atoms with E-state index in [-0.39, 0.29) is 17.7 Å². The third-order valence-electron chi connectivity index (χ3n) is 5.82. The van der Waals surface area contributed by atoms with Gasteiger partial charge < -0.3 is 15.0 Å². The SMILES string of the molecule is Cc1ccc(C(=O)N2CCC(C(=O)Nc3ccc(OCc4ccccc4)cc3)CC2)cc1. The Morgan fingerprint density at radius 1 is 0.906 bits per heavy atom. The van der Waals surface area contributed by atoms with Crippen molar-refractivity contribution in [2.24, 2.45) is 5.92 Å². The average molecular weight is 429 g/mol. The van der Waals surface area contributed by atoms with Gasteiger partial charge in [0.15, 0.2) is 0 Å². The molecule has 0 aliphatic carbocycles. The van der Waals surface area contributed by atoms with Crippen molar-refractivity contribution in [1.82, 2.24) is 4.90 Å². The van der Waals surface area contributed by atoms with Crippen molar-refractivity contribution in [3.8, 4) is 5.75 Å².